The molecule has 0 unspecified atom stereocenters. The molecule has 30 heavy (non-hydrogen) atoms. The maximum Gasteiger partial charge on any atom is 0.251 e. The summed E-state index contributed by atoms with van der Waals surface area (Å²) < 4.78 is 1.89. The molecule has 0 fully saturated rings. The summed E-state index contributed by atoms with van der Waals surface area (Å²) >= 11 is 7.15. The maximum atomic E-state index is 12.4. The lowest BCUT2D eigenvalue weighted by Crippen LogP contribution is -2.25. The van der Waals surface area contributed by atoms with Gasteiger partial charge in [0.1, 0.15) is 0 Å². The largest absolute Gasteiger partial charge is 0.345 e. The van der Waals surface area contributed by atoms with Gasteiger partial charge in [0.25, 0.3) is 5.91 Å². The third kappa shape index (κ3) is 5.61. The number of thioether (sulfide) groups is 1. The molecular weight excluding hydrogens is 422 g/mol. The normalized spacial score (nSPS) is 10.6. The van der Waals surface area contributed by atoms with Crippen molar-refractivity contribution in [3.05, 3.63) is 70.5 Å². The Bertz CT molecular complexity index is 1040. The highest BCUT2D eigenvalue weighted by Gasteiger charge is 2.15. The first-order chi connectivity index (χ1) is 14.5. The summed E-state index contributed by atoms with van der Waals surface area (Å²) in [4.78, 5) is 24.6. The summed E-state index contributed by atoms with van der Waals surface area (Å²) in [6.45, 7) is 4.75. The minimum atomic E-state index is -0.157. The zero-order valence-corrected chi connectivity index (χ0v) is 18.3. The summed E-state index contributed by atoms with van der Waals surface area (Å²) in [5.74, 6) is 0.522. The summed E-state index contributed by atoms with van der Waals surface area (Å²) in [6.07, 6.45) is 0. The first kappa shape index (κ1) is 21.9. The zero-order chi connectivity index (χ0) is 21.5. The lowest BCUT2D eigenvalue weighted by molar-refractivity contribution is -0.113. The fraction of sp³-hybridized carbons (Fsp3) is 0.238. The number of halogens is 1. The van der Waals surface area contributed by atoms with Gasteiger partial charge >= 0.3 is 0 Å². The molecule has 0 aliphatic heterocycles. The standard InChI is InChI=1S/C21H22ClN5O2S/c1-3-27-18(12-23-20(29)17-7-5-4-6-14(17)2)25-26-21(27)30-13-19(28)24-16-10-8-15(22)9-11-16/h4-11H,3,12-13H2,1-2H3,(H,23,29)(H,24,28). The molecular formula is C21H22ClN5O2S. The van der Waals surface area contributed by atoms with Gasteiger partial charge in [0.15, 0.2) is 11.0 Å². The number of carbonyl (C=O) groups excluding carboxylic acids is 2. The molecule has 2 N–H and O–H groups in total. The Morgan fingerprint density at radius 2 is 1.83 bits per heavy atom. The molecule has 0 spiro atoms. The topological polar surface area (TPSA) is 88.9 Å². The summed E-state index contributed by atoms with van der Waals surface area (Å²) in [6, 6.07) is 14.3. The van der Waals surface area contributed by atoms with Crippen LogP contribution in [0.4, 0.5) is 5.69 Å². The molecule has 2 aromatic carbocycles. The smallest absolute Gasteiger partial charge is 0.251 e. The number of anilines is 1. The number of nitrogens with zero attached hydrogens (tertiary/aromatic N) is 3. The van der Waals surface area contributed by atoms with Crippen LogP contribution in [0.2, 0.25) is 5.02 Å². The lowest BCUT2D eigenvalue weighted by Gasteiger charge is -2.10. The predicted octanol–water partition coefficient (Wildman–Crippen LogP) is 3.92. The lowest BCUT2D eigenvalue weighted by atomic mass is 10.1. The van der Waals surface area contributed by atoms with Crippen LogP contribution in [0.25, 0.3) is 0 Å². The molecule has 1 heterocycles. The zero-order valence-electron chi connectivity index (χ0n) is 16.7. The van der Waals surface area contributed by atoms with E-state index in [0.717, 1.165) is 5.56 Å². The van der Waals surface area contributed by atoms with Crippen molar-refractivity contribution in [1.82, 2.24) is 20.1 Å². The number of hydrogen-bond acceptors (Lipinski definition) is 5. The molecule has 3 aromatic rings. The van der Waals surface area contributed by atoms with E-state index in [4.69, 9.17) is 11.6 Å². The molecule has 3 rings (SSSR count). The van der Waals surface area contributed by atoms with Gasteiger partial charge in [0.2, 0.25) is 5.91 Å². The van der Waals surface area contributed by atoms with Gasteiger partial charge in [-0.3, -0.25) is 9.59 Å². The summed E-state index contributed by atoms with van der Waals surface area (Å²) in [7, 11) is 0. The Morgan fingerprint density at radius 1 is 1.10 bits per heavy atom. The number of rotatable bonds is 8. The van der Waals surface area contributed by atoms with Gasteiger partial charge in [0.05, 0.1) is 12.3 Å². The molecule has 0 aliphatic rings. The van der Waals surface area contributed by atoms with Crippen molar-refractivity contribution in [1.29, 1.82) is 0 Å². The van der Waals surface area contributed by atoms with Crippen LogP contribution in [-0.2, 0) is 17.9 Å². The third-order valence-electron chi connectivity index (χ3n) is 4.37. The molecule has 0 saturated heterocycles. The van der Waals surface area contributed by atoms with Crippen molar-refractivity contribution < 1.29 is 9.59 Å². The number of aryl methyl sites for hydroxylation is 1. The van der Waals surface area contributed by atoms with Crippen LogP contribution in [0, 0.1) is 6.92 Å². The number of benzene rings is 2. The molecule has 7 nitrogen and oxygen atoms in total. The fourth-order valence-electron chi connectivity index (χ4n) is 2.82. The SMILES string of the molecule is CCn1c(CNC(=O)c2ccccc2C)nnc1SCC(=O)Nc1ccc(Cl)cc1. The van der Waals surface area contributed by atoms with Gasteiger partial charge in [0, 0.05) is 22.8 Å². The number of amides is 2. The van der Waals surface area contributed by atoms with Crippen molar-refractivity contribution in [2.75, 3.05) is 11.1 Å². The van der Waals surface area contributed by atoms with E-state index in [1.165, 1.54) is 11.8 Å². The van der Waals surface area contributed by atoms with E-state index >= 15 is 0 Å². The number of nitrogens with one attached hydrogen (secondary N) is 2. The van der Waals surface area contributed by atoms with E-state index in [9.17, 15) is 9.59 Å². The predicted molar refractivity (Wildman–Crippen MR) is 119 cm³/mol. The van der Waals surface area contributed by atoms with Crippen LogP contribution in [-0.4, -0.2) is 32.3 Å². The minimum absolute atomic E-state index is 0.151. The van der Waals surface area contributed by atoms with Gasteiger partial charge in [-0.25, -0.2) is 0 Å². The first-order valence-corrected chi connectivity index (χ1v) is 10.8. The Labute approximate surface area is 184 Å². The van der Waals surface area contributed by atoms with E-state index in [0.29, 0.717) is 33.8 Å². The Balaban J connectivity index is 1.57. The summed E-state index contributed by atoms with van der Waals surface area (Å²) in [5, 5.41) is 15.3. The Morgan fingerprint density at radius 3 is 2.53 bits per heavy atom. The molecule has 2 amide bonds. The minimum Gasteiger partial charge on any atom is -0.345 e. The van der Waals surface area contributed by atoms with Gasteiger partial charge in [-0.1, -0.05) is 41.6 Å². The van der Waals surface area contributed by atoms with Crippen LogP contribution in [0.1, 0.15) is 28.7 Å². The van der Waals surface area contributed by atoms with Crippen LogP contribution in [0.15, 0.2) is 53.7 Å². The molecule has 0 aliphatic carbocycles. The van der Waals surface area contributed by atoms with E-state index in [1.54, 1.807) is 30.3 Å². The van der Waals surface area contributed by atoms with Gasteiger partial charge in [-0.15, -0.1) is 10.2 Å². The van der Waals surface area contributed by atoms with E-state index in [2.05, 4.69) is 20.8 Å². The van der Waals surface area contributed by atoms with Crippen molar-refractivity contribution in [3.8, 4) is 0 Å². The number of carbonyl (C=O) groups is 2. The second-order valence-electron chi connectivity index (χ2n) is 6.48. The van der Waals surface area contributed by atoms with Gasteiger partial charge < -0.3 is 15.2 Å². The highest BCUT2D eigenvalue weighted by Crippen LogP contribution is 2.19. The Kier molecular flexibility index (Phi) is 7.48. The molecule has 9 heteroatoms. The number of hydrogen-bond donors (Lipinski definition) is 2. The van der Waals surface area contributed by atoms with E-state index in [1.807, 2.05) is 36.6 Å². The average molecular weight is 444 g/mol. The van der Waals surface area contributed by atoms with Gasteiger partial charge in [-0.05, 0) is 49.7 Å². The first-order valence-electron chi connectivity index (χ1n) is 9.42. The quantitative estimate of drug-likeness (QED) is 0.515. The Hall–Kier alpha value is -2.84. The monoisotopic (exact) mass is 443 g/mol. The molecule has 0 atom stereocenters. The second-order valence-corrected chi connectivity index (χ2v) is 7.86. The fourth-order valence-corrected chi connectivity index (χ4v) is 3.76. The highest BCUT2D eigenvalue weighted by molar-refractivity contribution is 7.99. The summed E-state index contributed by atoms with van der Waals surface area (Å²) in [5.41, 5.74) is 2.23. The molecule has 0 bridgehead atoms. The van der Waals surface area contributed by atoms with E-state index < -0.39 is 0 Å². The van der Waals surface area contributed by atoms with Gasteiger partial charge in [-0.2, -0.15) is 0 Å². The maximum absolute atomic E-state index is 12.4. The molecule has 0 saturated carbocycles. The van der Waals surface area contributed by atoms with Crippen molar-refractivity contribution >= 4 is 40.9 Å². The molecule has 0 radical (unpaired) electrons. The average Bonchev–Trinajstić information content (AvgIpc) is 3.14. The van der Waals surface area contributed by atoms with Crippen molar-refractivity contribution in [2.24, 2.45) is 0 Å². The van der Waals surface area contributed by atoms with Crippen molar-refractivity contribution in [2.45, 2.75) is 32.1 Å². The van der Waals surface area contributed by atoms with Crippen LogP contribution in [0.5, 0.6) is 0 Å². The highest BCUT2D eigenvalue weighted by atomic mass is 35.5. The second kappa shape index (κ2) is 10.3. The molecule has 156 valence electrons. The van der Waals surface area contributed by atoms with Crippen LogP contribution in [0.3, 0.4) is 0 Å². The third-order valence-corrected chi connectivity index (χ3v) is 5.59. The van der Waals surface area contributed by atoms with Crippen LogP contribution < -0.4 is 10.6 Å². The van der Waals surface area contributed by atoms with Crippen molar-refractivity contribution in [3.63, 3.8) is 0 Å². The van der Waals surface area contributed by atoms with Crippen LogP contribution >= 0.6 is 23.4 Å². The molecule has 1 aromatic heterocycles. The van der Waals surface area contributed by atoms with E-state index in [-0.39, 0.29) is 24.1 Å². The number of aromatic nitrogens is 3.